The first-order chi connectivity index (χ1) is 11.4. The minimum Gasteiger partial charge on any atom is -0.428 e. The molecular weight excluding hydrogens is 393 g/mol. The van der Waals surface area contributed by atoms with E-state index in [-0.39, 0.29) is 17.4 Å². The van der Waals surface area contributed by atoms with Crippen LogP contribution in [0, 0.1) is 13.9 Å². The topological polar surface area (TPSA) is 75.5 Å². The maximum atomic E-state index is 8.73. The Hall–Kier alpha value is -1.96. The van der Waals surface area contributed by atoms with E-state index in [1.165, 1.54) is 18.6 Å². The number of hydrogen-bond donors (Lipinski definition) is 3. The maximum Gasteiger partial charge on any atom is 3.00 e. The van der Waals surface area contributed by atoms with Gasteiger partial charge in [0, 0.05) is 18.6 Å². The zero-order valence-electron chi connectivity index (χ0n) is 12.9. The Kier molecular flexibility index (Phi) is 11.4. The van der Waals surface area contributed by atoms with E-state index in [1.54, 1.807) is 54.6 Å². The molecule has 0 aromatic carbocycles. The fourth-order valence-corrected chi connectivity index (χ4v) is 1.68. The largest absolute Gasteiger partial charge is 3.00 e. The van der Waals surface area contributed by atoms with Crippen LogP contribution in [0.3, 0.4) is 0 Å². The maximum absolute atomic E-state index is 8.73. The van der Waals surface area contributed by atoms with E-state index in [2.05, 4.69) is 36.7 Å². The monoisotopic (exact) mass is 408 g/mol. The molecule has 6 nitrogen and oxygen atoms in total. The molecule has 0 fully saturated rings. The van der Waals surface area contributed by atoms with E-state index < -0.39 is 0 Å². The summed E-state index contributed by atoms with van der Waals surface area (Å²) in [5.74, 6) is 0. The summed E-state index contributed by atoms with van der Waals surface area (Å²) in [6.45, 7) is 0. The van der Waals surface area contributed by atoms with Crippen molar-refractivity contribution in [1.29, 1.82) is 0 Å². The Labute approximate surface area is 170 Å². The van der Waals surface area contributed by atoms with Crippen molar-refractivity contribution in [1.82, 2.24) is 14.2 Å². The van der Waals surface area contributed by atoms with Gasteiger partial charge in [-0.25, -0.2) is 0 Å². The van der Waals surface area contributed by atoms with E-state index in [0.29, 0.717) is 13.9 Å². The number of hydrogen-bond acceptors (Lipinski definition) is 6. The molecule has 25 heavy (non-hydrogen) atoms. The van der Waals surface area contributed by atoms with Crippen LogP contribution < -0.4 is 0 Å². The first-order valence-electron chi connectivity index (χ1n) is 6.52. The van der Waals surface area contributed by atoms with Crippen LogP contribution >= 0.6 is 36.7 Å². The predicted molar refractivity (Wildman–Crippen MR) is 103 cm³/mol. The summed E-state index contributed by atoms with van der Waals surface area (Å²) in [5.41, 5.74) is 0. The van der Waals surface area contributed by atoms with Gasteiger partial charge in [0.15, 0.2) is 0 Å². The summed E-state index contributed by atoms with van der Waals surface area (Å²) in [6.07, 6.45) is 4.47. The predicted octanol–water partition coefficient (Wildman–Crippen LogP) is 3.98. The van der Waals surface area contributed by atoms with Gasteiger partial charge in [-0.2, -0.15) is 14.2 Å². The summed E-state index contributed by atoms with van der Waals surface area (Å²) in [7, 11) is 0. The van der Waals surface area contributed by atoms with Crippen molar-refractivity contribution in [3.05, 3.63) is 87.1 Å². The van der Waals surface area contributed by atoms with Crippen molar-refractivity contribution in [2.75, 3.05) is 0 Å². The molecule has 0 saturated heterocycles. The van der Waals surface area contributed by atoms with Crippen LogP contribution in [0.4, 0.5) is 0 Å². The zero-order chi connectivity index (χ0) is 17.9. The Morgan fingerprint density at radius 2 is 0.760 bits per heavy atom. The van der Waals surface area contributed by atoms with Crippen LogP contribution in [0.2, 0.25) is 0 Å². The molecule has 3 N–H and O–H groups in total. The van der Waals surface area contributed by atoms with Gasteiger partial charge in [0.05, 0.1) is 0 Å². The summed E-state index contributed by atoms with van der Waals surface area (Å²) < 4.78 is 3.97. The summed E-state index contributed by atoms with van der Waals surface area (Å²) >= 11 is 14.0. The average Bonchev–Trinajstić information content (AvgIpc) is 2.57. The van der Waals surface area contributed by atoms with Crippen LogP contribution in [-0.4, -0.2) is 47.2 Å². The smallest absolute Gasteiger partial charge is 0.428 e. The number of aromatic nitrogens is 3. The second-order valence-electron chi connectivity index (χ2n) is 4.15. The molecule has 126 valence electrons. The molecule has 0 atom stereocenters. The van der Waals surface area contributed by atoms with Crippen LogP contribution in [0.25, 0.3) is 0 Å². The second-order valence-corrected chi connectivity index (χ2v) is 5.41. The van der Waals surface area contributed by atoms with Gasteiger partial charge < -0.3 is 15.6 Å². The Morgan fingerprint density at radius 3 is 0.880 bits per heavy atom. The first-order valence-corrected chi connectivity index (χ1v) is 7.75. The van der Waals surface area contributed by atoms with Gasteiger partial charge in [-0.15, -0.1) is 0 Å². The van der Waals surface area contributed by atoms with Crippen LogP contribution in [0.15, 0.2) is 73.2 Å². The molecule has 0 saturated carbocycles. The molecule has 3 heterocycles. The van der Waals surface area contributed by atoms with Crippen molar-refractivity contribution in [2.45, 2.75) is 0 Å². The third-order valence-corrected chi connectivity index (χ3v) is 3.38. The zero-order valence-corrected chi connectivity index (χ0v) is 16.5. The van der Waals surface area contributed by atoms with Crippen molar-refractivity contribution in [2.24, 2.45) is 0 Å². The van der Waals surface area contributed by atoms with Gasteiger partial charge in [-0.05, 0) is 36.4 Å². The van der Waals surface area contributed by atoms with E-state index in [0.717, 1.165) is 14.2 Å². The van der Waals surface area contributed by atoms with E-state index >= 15 is 0 Å². The van der Waals surface area contributed by atoms with Gasteiger partial charge in [0.25, 0.3) is 0 Å². The molecule has 3 aromatic heterocycles. The minimum atomic E-state index is 0. The molecule has 3 aromatic rings. The van der Waals surface area contributed by atoms with E-state index in [4.69, 9.17) is 15.6 Å². The van der Waals surface area contributed by atoms with Crippen LogP contribution in [0.1, 0.15) is 0 Å². The van der Waals surface area contributed by atoms with Crippen molar-refractivity contribution in [3.63, 3.8) is 0 Å². The van der Waals surface area contributed by atoms with Crippen molar-refractivity contribution in [3.8, 4) is 0 Å². The Bertz CT molecular complexity index is 818. The summed E-state index contributed by atoms with van der Waals surface area (Å²) in [5, 5.41) is 26.2. The van der Waals surface area contributed by atoms with Gasteiger partial charge in [-0.1, -0.05) is 54.9 Å². The number of pyridine rings is 3. The molecule has 0 aliphatic rings. The van der Waals surface area contributed by atoms with Gasteiger partial charge in [0.1, 0.15) is 13.9 Å². The molecular formula is C15H15AlN3O3S3+3. The fraction of sp³-hybridized carbons (Fsp3) is 0. The third-order valence-electron chi connectivity index (χ3n) is 2.41. The van der Waals surface area contributed by atoms with Crippen molar-refractivity contribution >= 4 is 54.0 Å². The van der Waals surface area contributed by atoms with Gasteiger partial charge in [-0.3, -0.25) is 0 Å². The molecule has 3 rings (SSSR count). The number of nitrogens with zero attached hydrogens (tertiary/aromatic N) is 3. The quantitative estimate of drug-likeness (QED) is 0.297. The van der Waals surface area contributed by atoms with E-state index in [9.17, 15) is 0 Å². The summed E-state index contributed by atoms with van der Waals surface area (Å²) in [4.78, 5) is 0. The second kappa shape index (κ2) is 12.4. The standard InChI is InChI=1S/3C5H5NOS.Al/c3*7-6-4-2-1-3-5(6)8;/h3*1-4,7H;/q;;;+3. The van der Waals surface area contributed by atoms with Crippen LogP contribution in [-0.2, 0) is 0 Å². The first kappa shape index (κ1) is 23.0. The Morgan fingerprint density at radius 1 is 0.520 bits per heavy atom. The molecule has 0 unspecified atom stereocenters. The summed E-state index contributed by atoms with van der Waals surface area (Å²) in [6, 6.07) is 15.4. The van der Waals surface area contributed by atoms with Gasteiger partial charge in [0.2, 0.25) is 0 Å². The van der Waals surface area contributed by atoms with E-state index in [1.807, 2.05) is 0 Å². The van der Waals surface area contributed by atoms with Crippen LogP contribution in [0.5, 0.6) is 0 Å². The Balaban J connectivity index is 0.000000339. The molecule has 0 amide bonds. The minimum absolute atomic E-state index is 0. The molecule has 0 spiro atoms. The SMILES string of the molecule is On1ccccc1=S.On1ccccc1=S.On1ccccc1=S.[Al+3]. The average molecular weight is 408 g/mol. The molecule has 0 bridgehead atoms. The molecule has 10 heteroatoms. The normalized spacial score (nSPS) is 8.64. The van der Waals surface area contributed by atoms with Crippen molar-refractivity contribution < 1.29 is 15.6 Å². The molecule has 0 aliphatic carbocycles. The molecule has 0 aliphatic heterocycles. The number of rotatable bonds is 0. The fourth-order valence-electron chi connectivity index (χ4n) is 1.26. The third kappa shape index (κ3) is 9.19. The van der Waals surface area contributed by atoms with Gasteiger partial charge >= 0.3 is 17.4 Å². The molecule has 0 radical (unpaired) electrons.